The minimum absolute atomic E-state index is 0.158. The van der Waals surface area contributed by atoms with Crippen LogP contribution in [-0.2, 0) is 5.92 Å². The second kappa shape index (κ2) is 9.31. The van der Waals surface area contributed by atoms with Crippen molar-refractivity contribution >= 4 is 46.0 Å². The number of amidine groups is 1. The van der Waals surface area contributed by atoms with Crippen molar-refractivity contribution in [3.05, 3.63) is 47.0 Å². The highest BCUT2D eigenvalue weighted by atomic mass is 35.5. The molecule has 27 heavy (non-hydrogen) atoms. The van der Waals surface area contributed by atoms with Crippen molar-refractivity contribution in [2.45, 2.75) is 22.6 Å². The molecule has 0 atom stereocenters. The van der Waals surface area contributed by atoms with Crippen LogP contribution in [0, 0.1) is 11.5 Å². The van der Waals surface area contributed by atoms with E-state index >= 15 is 0 Å². The topological polar surface area (TPSA) is 57.4 Å². The van der Waals surface area contributed by atoms with Gasteiger partial charge in [0.05, 0.1) is 17.8 Å². The molecular formula is C18H16ClF2N3OS2. The summed E-state index contributed by atoms with van der Waals surface area (Å²) >= 11 is 8.64. The highest BCUT2D eigenvalue weighted by Gasteiger charge is 2.30. The number of benzene rings is 2. The number of alkyl halides is 2. The number of aliphatic imine (C=N–C) groups is 1. The van der Waals surface area contributed by atoms with E-state index in [1.54, 1.807) is 43.8 Å². The van der Waals surface area contributed by atoms with E-state index in [-0.39, 0.29) is 26.3 Å². The lowest BCUT2D eigenvalue weighted by Gasteiger charge is -2.18. The Hall–Kier alpha value is -1.95. The highest BCUT2D eigenvalue weighted by Crippen LogP contribution is 2.44. The zero-order valence-electron chi connectivity index (χ0n) is 14.7. The van der Waals surface area contributed by atoms with Crippen molar-refractivity contribution in [2.24, 2.45) is 4.99 Å². The summed E-state index contributed by atoms with van der Waals surface area (Å²) in [5.74, 6) is -2.45. The standard InChI is InChI=1S/C18H16ClF2N3OS2/c1-18(20,21)14-8-11(24-17(26-3)23-10-22)9-15(19)16(14)27-13-6-4-12(25-2)5-7-13/h4-9H,1-3H3,(H,23,24). The first-order chi connectivity index (χ1) is 12.8. The molecule has 0 spiro atoms. The van der Waals surface area contributed by atoms with E-state index in [1.165, 1.54) is 23.9 Å². The van der Waals surface area contributed by atoms with Crippen molar-refractivity contribution in [3.63, 3.8) is 0 Å². The molecule has 0 saturated carbocycles. The predicted octanol–water partition coefficient (Wildman–Crippen LogP) is 6.03. The van der Waals surface area contributed by atoms with Gasteiger partial charge in [0.2, 0.25) is 0 Å². The van der Waals surface area contributed by atoms with Crippen LogP contribution in [0.4, 0.5) is 14.5 Å². The molecule has 0 aromatic heterocycles. The van der Waals surface area contributed by atoms with Gasteiger partial charge >= 0.3 is 0 Å². The number of halogens is 3. The van der Waals surface area contributed by atoms with Gasteiger partial charge in [-0.15, -0.1) is 0 Å². The van der Waals surface area contributed by atoms with E-state index in [4.69, 9.17) is 21.6 Å². The molecule has 9 heteroatoms. The minimum atomic E-state index is -3.12. The number of ether oxygens (including phenoxy) is 1. The molecule has 0 aliphatic carbocycles. The first-order valence-electron chi connectivity index (χ1n) is 7.60. The zero-order valence-corrected chi connectivity index (χ0v) is 17.1. The summed E-state index contributed by atoms with van der Waals surface area (Å²) in [4.78, 5) is 5.18. The Morgan fingerprint density at radius 1 is 1.30 bits per heavy atom. The maximum absolute atomic E-state index is 14.3. The molecule has 0 aliphatic rings. The van der Waals surface area contributed by atoms with Crippen molar-refractivity contribution in [3.8, 4) is 11.9 Å². The molecule has 0 radical (unpaired) electrons. The summed E-state index contributed by atoms with van der Waals surface area (Å²) in [5.41, 5.74) is 0.00897. The quantitative estimate of drug-likeness (QED) is 0.273. The number of nitrogens with zero attached hydrogens (tertiary/aromatic N) is 2. The number of hydrogen-bond acceptors (Lipinski definition) is 5. The molecule has 2 rings (SSSR count). The minimum Gasteiger partial charge on any atom is -0.497 e. The van der Waals surface area contributed by atoms with Crippen LogP contribution in [0.25, 0.3) is 0 Å². The SMILES string of the molecule is COc1ccc(Sc2c(Cl)cc(N=C(NC#N)SC)cc2C(C)(F)F)cc1. The largest absolute Gasteiger partial charge is 0.497 e. The molecule has 0 unspecified atom stereocenters. The molecule has 2 aromatic carbocycles. The fourth-order valence-corrected chi connectivity index (χ4v) is 3.81. The number of thioether (sulfide) groups is 1. The Morgan fingerprint density at radius 2 is 1.96 bits per heavy atom. The molecule has 0 amide bonds. The van der Waals surface area contributed by atoms with Crippen LogP contribution in [0.1, 0.15) is 12.5 Å². The maximum Gasteiger partial charge on any atom is 0.271 e. The molecule has 0 saturated heterocycles. The van der Waals surface area contributed by atoms with Crippen molar-refractivity contribution in [1.82, 2.24) is 5.32 Å². The van der Waals surface area contributed by atoms with Gasteiger partial charge < -0.3 is 4.74 Å². The summed E-state index contributed by atoms with van der Waals surface area (Å²) in [6.45, 7) is 0.813. The first kappa shape index (κ1) is 21.4. The van der Waals surface area contributed by atoms with Crippen LogP contribution >= 0.6 is 35.1 Å². The van der Waals surface area contributed by atoms with E-state index in [0.717, 1.165) is 23.6 Å². The Kier molecular flexibility index (Phi) is 7.36. The lowest BCUT2D eigenvalue weighted by atomic mass is 10.1. The smallest absolute Gasteiger partial charge is 0.271 e. The highest BCUT2D eigenvalue weighted by molar-refractivity contribution is 8.13. The van der Waals surface area contributed by atoms with Crippen LogP contribution in [0.2, 0.25) is 5.02 Å². The summed E-state index contributed by atoms with van der Waals surface area (Å²) < 4.78 is 33.6. The normalized spacial score (nSPS) is 11.8. The average molecular weight is 428 g/mol. The van der Waals surface area contributed by atoms with Crippen LogP contribution in [0.15, 0.2) is 51.2 Å². The summed E-state index contributed by atoms with van der Waals surface area (Å²) in [5, 5.41) is 11.6. The van der Waals surface area contributed by atoms with E-state index in [2.05, 4.69) is 10.3 Å². The van der Waals surface area contributed by atoms with Gasteiger partial charge in [-0.05, 0) is 42.7 Å². The number of rotatable bonds is 5. The van der Waals surface area contributed by atoms with E-state index in [9.17, 15) is 8.78 Å². The molecule has 142 valence electrons. The fourth-order valence-electron chi connectivity index (χ4n) is 2.12. The molecule has 2 aromatic rings. The van der Waals surface area contributed by atoms with Crippen molar-refractivity contribution in [2.75, 3.05) is 13.4 Å². The molecule has 0 bridgehead atoms. The third-order valence-corrected chi connectivity index (χ3v) is 5.51. The Labute approximate surface area is 170 Å². The van der Waals surface area contributed by atoms with E-state index in [0.29, 0.717) is 5.75 Å². The Morgan fingerprint density at radius 3 is 2.48 bits per heavy atom. The van der Waals surface area contributed by atoms with Crippen LogP contribution in [0.3, 0.4) is 0 Å². The maximum atomic E-state index is 14.3. The van der Waals surface area contributed by atoms with Gasteiger partial charge in [-0.2, -0.15) is 5.26 Å². The summed E-state index contributed by atoms with van der Waals surface area (Å²) in [7, 11) is 1.55. The monoisotopic (exact) mass is 427 g/mol. The first-order valence-corrected chi connectivity index (χ1v) is 10.0. The Bertz CT molecular complexity index is 878. The molecule has 0 fully saturated rings. The van der Waals surface area contributed by atoms with Crippen LogP contribution in [-0.4, -0.2) is 18.5 Å². The van der Waals surface area contributed by atoms with Crippen LogP contribution < -0.4 is 10.1 Å². The third-order valence-electron chi connectivity index (χ3n) is 3.37. The second-order valence-corrected chi connectivity index (χ2v) is 7.61. The predicted molar refractivity (Wildman–Crippen MR) is 107 cm³/mol. The van der Waals surface area contributed by atoms with E-state index in [1.807, 2.05) is 0 Å². The molecule has 4 nitrogen and oxygen atoms in total. The molecule has 0 aliphatic heterocycles. The Balaban J connectivity index is 2.49. The van der Waals surface area contributed by atoms with Crippen LogP contribution in [0.5, 0.6) is 5.75 Å². The molecule has 0 heterocycles. The van der Waals surface area contributed by atoms with Gasteiger partial charge in [0.1, 0.15) is 5.75 Å². The van der Waals surface area contributed by atoms with Gasteiger partial charge in [0.25, 0.3) is 5.92 Å². The van der Waals surface area contributed by atoms with Gasteiger partial charge in [-0.1, -0.05) is 35.1 Å². The number of nitriles is 1. The number of hydrogen-bond donors (Lipinski definition) is 1. The van der Waals surface area contributed by atoms with Gasteiger partial charge in [0.15, 0.2) is 11.4 Å². The lowest BCUT2D eigenvalue weighted by Crippen LogP contribution is -2.13. The molecular weight excluding hydrogens is 412 g/mol. The third kappa shape index (κ3) is 5.76. The molecule has 1 N–H and O–H groups in total. The fraction of sp³-hybridized carbons (Fsp3) is 0.222. The lowest BCUT2D eigenvalue weighted by molar-refractivity contribution is 0.0147. The number of methoxy groups -OCH3 is 1. The van der Waals surface area contributed by atoms with Crippen molar-refractivity contribution in [1.29, 1.82) is 5.26 Å². The van der Waals surface area contributed by atoms with E-state index < -0.39 is 5.92 Å². The number of nitrogens with one attached hydrogen (secondary N) is 1. The zero-order chi connectivity index (χ0) is 20.0. The summed E-state index contributed by atoms with van der Waals surface area (Å²) in [6.07, 6.45) is 3.47. The van der Waals surface area contributed by atoms with Gasteiger partial charge in [-0.25, -0.2) is 13.8 Å². The average Bonchev–Trinajstić information content (AvgIpc) is 2.63. The van der Waals surface area contributed by atoms with Gasteiger partial charge in [-0.3, -0.25) is 5.32 Å². The van der Waals surface area contributed by atoms with Gasteiger partial charge in [0, 0.05) is 22.3 Å². The second-order valence-electron chi connectivity index (χ2n) is 5.33. The van der Waals surface area contributed by atoms with Crippen molar-refractivity contribution < 1.29 is 13.5 Å². The summed E-state index contributed by atoms with van der Waals surface area (Å²) in [6, 6.07) is 9.82.